The maximum absolute atomic E-state index is 13.2. The van der Waals surface area contributed by atoms with Crippen LogP contribution in [0.25, 0.3) is 11.3 Å². The van der Waals surface area contributed by atoms with Crippen LogP contribution in [0.4, 0.5) is 10.5 Å². The average molecular weight is 549 g/mol. The number of phenols is 1. The first kappa shape index (κ1) is 25.8. The number of phenolic OH excluding ortho intramolecular Hbond substituents is 1. The summed E-state index contributed by atoms with van der Waals surface area (Å²) in [5.41, 5.74) is 3.20. The van der Waals surface area contributed by atoms with Gasteiger partial charge in [0.25, 0.3) is 5.91 Å². The number of amides is 2. The zero-order valence-corrected chi connectivity index (χ0v) is 22.0. The van der Waals surface area contributed by atoms with Crippen LogP contribution in [0, 0.1) is 0 Å². The largest absolute Gasteiger partial charge is 0.507 e. The van der Waals surface area contributed by atoms with E-state index in [1.54, 1.807) is 30.3 Å². The Bertz CT molecular complexity index is 1460. The molecular formula is C29H26Cl2N4O3. The first-order valence-electron chi connectivity index (χ1n) is 12.4. The molecule has 5 rings (SSSR count). The lowest BCUT2D eigenvalue weighted by atomic mass is 10.0. The van der Waals surface area contributed by atoms with Crippen molar-refractivity contribution in [2.24, 2.45) is 0 Å². The number of aromatic hydroxyl groups is 1. The summed E-state index contributed by atoms with van der Waals surface area (Å²) < 4.78 is 1.41. The summed E-state index contributed by atoms with van der Waals surface area (Å²) in [6.45, 7) is 0.371. The Morgan fingerprint density at radius 3 is 2.37 bits per heavy atom. The molecule has 194 valence electrons. The van der Waals surface area contributed by atoms with Gasteiger partial charge in [0.1, 0.15) is 5.75 Å². The van der Waals surface area contributed by atoms with Gasteiger partial charge in [0.05, 0.1) is 27.0 Å². The third-order valence-corrected chi connectivity index (χ3v) is 7.34. The lowest BCUT2D eigenvalue weighted by Crippen LogP contribution is -2.30. The molecule has 1 aliphatic rings. The van der Waals surface area contributed by atoms with E-state index >= 15 is 0 Å². The molecule has 1 saturated carbocycles. The maximum Gasteiger partial charge on any atom is 0.342 e. The van der Waals surface area contributed by atoms with Gasteiger partial charge in [-0.25, -0.2) is 4.79 Å². The Morgan fingerprint density at radius 2 is 1.66 bits per heavy atom. The second-order valence-corrected chi connectivity index (χ2v) is 10.1. The fraction of sp³-hybridized carbons (Fsp3) is 0.207. The average Bonchev–Trinajstić information content (AvgIpc) is 3.59. The van der Waals surface area contributed by atoms with Crippen molar-refractivity contribution in [3.63, 3.8) is 0 Å². The normalized spacial score (nSPS) is 13.4. The number of benzene rings is 3. The maximum atomic E-state index is 13.2. The van der Waals surface area contributed by atoms with Crippen molar-refractivity contribution in [2.75, 3.05) is 5.32 Å². The Morgan fingerprint density at radius 1 is 0.947 bits per heavy atom. The van der Waals surface area contributed by atoms with Crippen LogP contribution in [0.5, 0.6) is 5.75 Å². The fourth-order valence-corrected chi connectivity index (χ4v) is 5.35. The number of nitrogens with zero attached hydrogens (tertiary/aromatic N) is 2. The lowest BCUT2D eigenvalue weighted by Gasteiger charge is -2.12. The molecule has 1 fully saturated rings. The molecule has 0 radical (unpaired) electrons. The van der Waals surface area contributed by atoms with Gasteiger partial charge in [-0.1, -0.05) is 72.4 Å². The number of halogens is 2. The van der Waals surface area contributed by atoms with Crippen molar-refractivity contribution in [1.82, 2.24) is 15.1 Å². The van der Waals surface area contributed by atoms with E-state index in [-0.39, 0.29) is 33.3 Å². The van der Waals surface area contributed by atoms with E-state index in [4.69, 9.17) is 23.2 Å². The molecule has 3 aromatic carbocycles. The monoisotopic (exact) mass is 548 g/mol. The molecule has 0 unspecified atom stereocenters. The van der Waals surface area contributed by atoms with Crippen molar-refractivity contribution >= 4 is 40.8 Å². The molecular weight excluding hydrogens is 523 g/mol. The summed E-state index contributed by atoms with van der Waals surface area (Å²) >= 11 is 12.4. The zero-order chi connectivity index (χ0) is 26.6. The second-order valence-electron chi connectivity index (χ2n) is 9.27. The first-order valence-corrected chi connectivity index (χ1v) is 13.2. The van der Waals surface area contributed by atoms with Crippen molar-refractivity contribution in [3.05, 3.63) is 99.7 Å². The summed E-state index contributed by atoms with van der Waals surface area (Å²) in [5.74, 6) is -0.299. The van der Waals surface area contributed by atoms with Crippen LogP contribution < -0.4 is 10.6 Å². The van der Waals surface area contributed by atoms with E-state index in [9.17, 15) is 14.7 Å². The number of aromatic nitrogens is 2. The van der Waals surface area contributed by atoms with Crippen LogP contribution in [-0.2, 0) is 6.54 Å². The van der Waals surface area contributed by atoms with E-state index < -0.39 is 5.91 Å². The van der Waals surface area contributed by atoms with Gasteiger partial charge < -0.3 is 15.7 Å². The molecule has 0 spiro atoms. The molecule has 1 heterocycles. The molecule has 38 heavy (non-hydrogen) atoms. The van der Waals surface area contributed by atoms with E-state index in [0.717, 1.165) is 36.9 Å². The predicted molar refractivity (Wildman–Crippen MR) is 149 cm³/mol. The quantitative estimate of drug-likeness (QED) is 0.221. The molecule has 3 N–H and O–H groups in total. The summed E-state index contributed by atoms with van der Waals surface area (Å²) in [6.07, 6.45) is 4.12. The molecule has 1 aliphatic carbocycles. The molecule has 9 heteroatoms. The first-order chi connectivity index (χ1) is 18.4. The van der Waals surface area contributed by atoms with Gasteiger partial charge in [-0.3, -0.25) is 4.79 Å². The number of carbonyl (C=O) groups is 2. The number of hydrogen-bond acceptors (Lipinski definition) is 4. The minimum Gasteiger partial charge on any atom is -0.507 e. The van der Waals surface area contributed by atoms with Crippen LogP contribution in [0.3, 0.4) is 0 Å². The smallest absolute Gasteiger partial charge is 0.342 e. The minimum absolute atomic E-state index is 0.0221. The Hall–Kier alpha value is -3.81. The SMILES string of the molecule is O=C(Nc1ccc(O)c(-c2cc(C3CCCC3)n(C(=O)NCc3ccccc3)n2)c1)c1c(Cl)cccc1Cl. The highest BCUT2D eigenvalue weighted by molar-refractivity contribution is 6.40. The predicted octanol–water partition coefficient (Wildman–Crippen LogP) is 7.23. The van der Waals surface area contributed by atoms with Gasteiger partial charge >= 0.3 is 6.03 Å². The van der Waals surface area contributed by atoms with Crippen LogP contribution in [0.2, 0.25) is 10.0 Å². The van der Waals surface area contributed by atoms with Crippen LogP contribution >= 0.6 is 23.2 Å². The van der Waals surface area contributed by atoms with Gasteiger partial charge in [0.15, 0.2) is 0 Å². The molecule has 0 aliphatic heterocycles. The van der Waals surface area contributed by atoms with E-state index in [1.807, 2.05) is 36.4 Å². The van der Waals surface area contributed by atoms with E-state index in [2.05, 4.69) is 15.7 Å². The number of hydrogen-bond donors (Lipinski definition) is 3. The van der Waals surface area contributed by atoms with Crippen molar-refractivity contribution in [3.8, 4) is 17.0 Å². The van der Waals surface area contributed by atoms with E-state index in [0.29, 0.717) is 23.5 Å². The van der Waals surface area contributed by atoms with Gasteiger partial charge in [0.2, 0.25) is 0 Å². The highest BCUT2D eigenvalue weighted by Crippen LogP contribution is 2.38. The summed E-state index contributed by atoms with van der Waals surface area (Å²) in [6, 6.07) is 20.7. The topological polar surface area (TPSA) is 96.2 Å². The standard InChI is InChI=1S/C29H26Cl2N4O3/c30-22-11-6-12-23(31)27(22)28(37)33-20-13-14-26(36)21(15-20)24-16-25(19-9-4-5-10-19)35(34-24)29(38)32-17-18-7-2-1-3-8-18/h1-3,6-8,11-16,19,36H,4-5,9-10,17H2,(H,32,38)(H,33,37). The molecule has 4 aromatic rings. The third kappa shape index (κ3) is 5.54. The van der Waals surface area contributed by atoms with Gasteiger partial charge in [-0.05, 0) is 54.8 Å². The Kier molecular flexibility index (Phi) is 7.67. The highest BCUT2D eigenvalue weighted by Gasteiger charge is 2.26. The van der Waals surface area contributed by atoms with Crippen molar-refractivity contribution in [2.45, 2.75) is 38.1 Å². The summed E-state index contributed by atoms with van der Waals surface area (Å²) in [5, 5.41) is 21.5. The summed E-state index contributed by atoms with van der Waals surface area (Å²) in [4.78, 5) is 26.1. The number of nitrogens with one attached hydrogen (secondary N) is 2. The van der Waals surface area contributed by atoms with Crippen molar-refractivity contribution in [1.29, 1.82) is 0 Å². The molecule has 2 amide bonds. The van der Waals surface area contributed by atoms with Crippen LogP contribution in [0.15, 0.2) is 72.8 Å². The van der Waals surface area contributed by atoms with Crippen LogP contribution in [-0.4, -0.2) is 26.8 Å². The van der Waals surface area contributed by atoms with Gasteiger partial charge in [-0.15, -0.1) is 0 Å². The van der Waals surface area contributed by atoms with Gasteiger partial charge in [-0.2, -0.15) is 9.78 Å². The zero-order valence-electron chi connectivity index (χ0n) is 20.5. The lowest BCUT2D eigenvalue weighted by molar-refractivity contribution is 0.102. The Labute approximate surface area is 230 Å². The van der Waals surface area contributed by atoms with Gasteiger partial charge in [0, 0.05) is 23.7 Å². The molecule has 0 saturated heterocycles. The Balaban J connectivity index is 1.44. The number of carbonyl (C=O) groups excluding carboxylic acids is 2. The van der Waals surface area contributed by atoms with E-state index in [1.165, 1.54) is 10.7 Å². The fourth-order valence-electron chi connectivity index (χ4n) is 4.78. The molecule has 1 aromatic heterocycles. The number of rotatable bonds is 6. The minimum atomic E-state index is -0.477. The highest BCUT2D eigenvalue weighted by atomic mass is 35.5. The number of anilines is 1. The molecule has 0 bridgehead atoms. The molecule has 7 nitrogen and oxygen atoms in total. The molecule has 0 atom stereocenters. The second kappa shape index (κ2) is 11.3. The van der Waals surface area contributed by atoms with Crippen molar-refractivity contribution < 1.29 is 14.7 Å². The third-order valence-electron chi connectivity index (χ3n) is 6.71. The summed E-state index contributed by atoms with van der Waals surface area (Å²) in [7, 11) is 0. The van der Waals surface area contributed by atoms with Crippen LogP contribution in [0.1, 0.15) is 53.2 Å².